The van der Waals surface area contributed by atoms with Crippen LogP contribution in [0.3, 0.4) is 0 Å². The van der Waals surface area contributed by atoms with Gasteiger partial charge in [0.25, 0.3) is 17.7 Å². The van der Waals surface area contributed by atoms with Crippen molar-refractivity contribution in [3.63, 3.8) is 0 Å². The van der Waals surface area contributed by atoms with Gasteiger partial charge in [0.15, 0.2) is 11.6 Å². The van der Waals surface area contributed by atoms with Crippen molar-refractivity contribution in [2.24, 2.45) is 5.41 Å². The number of aromatic nitrogens is 2. The van der Waals surface area contributed by atoms with Crippen molar-refractivity contribution >= 4 is 47.3 Å². The van der Waals surface area contributed by atoms with Crippen molar-refractivity contribution in [2.75, 3.05) is 57.5 Å². The van der Waals surface area contributed by atoms with Crippen molar-refractivity contribution < 1.29 is 33.4 Å². The third-order valence-electron chi connectivity index (χ3n) is 13.8. The van der Waals surface area contributed by atoms with Crippen LogP contribution in [0, 0.1) is 5.41 Å². The predicted octanol–water partition coefficient (Wildman–Crippen LogP) is 8.10. The van der Waals surface area contributed by atoms with Gasteiger partial charge in [-0.15, -0.1) is 0 Å². The zero-order chi connectivity index (χ0) is 47.0. The minimum Gasteiger partial charge on any atom is -0.494 e. The van der Waals surface area contributed by atoms with E-state index in [-0.39, 0.29) is 29.9 Å². The number of imide groups is 2. The van der Waals surface area contributed by atoms with Gasteiger partial charge in [0.1, 0.15) is 23.9 Å². The summed E-state index contributed by atoms with van der Waals surface area (Å²) in [6, 6.07) is 12.0. The molecule has 15 nitrogen and oxygen atoms in total. The van der Waals surface area contributed by atoms with Crippen LogP contribution >= 0.6 is 11.9 Å². The fraction of sp³-hybridized carbons (Fsp3) is 0.588. The minimum atomic E-state index is -0.982. The van der Waals surface area contributed by atoms with E-state index in [1.54, 1.807) is 48.7 Å². The summed E-state index contributed by atoms with van der Waals surface area (Å²) >= 11 is 1.76. The monoisotopic (exact) mass is 939 g/mol. The summed E-state index contributed by atoms with van der Waals surface area (Å²) in [5, 5.41) is 5.29. The van der Waals surface area contributed by atoms with Gasteiger partial charge in [0.05, 0.1) is 29.5 Å². The highest BCUT2D eigenvalue weighted by Crippen LogP contribution is 2.44. The number of hydrogen-bond acceptors (Lipinski definition) is 13. The number of nitrogens with one attached hydrogen (secondary N) is 3. The van der Waals surface area contributed by atoms with Crippen LogP contribution in [0.4, 0.5) is 5.82 Å². The fourth-order valence-electron chi connectivity index (χ4n) is 9.86. The number of ether oxygens (including phenoxy) is 2. The number of rotatable bonds is 21. The summed E-state index contributed by atoms with van der Waals surface area (Å²) in [5.41, 5.74) is 1.31. The highest BCUT2D eigenvalue weighted by molar-refractivity contribution is 7.96. The Kier molecular flexibility index (Phi) is 18.5. The third-order valence-corrected chi connectivity index (χ3v) is 14.4. The van der Waals surface area contributed by atoms with Crippen molar-refractivity contribution in [2.45, 2.75) is 134 Å². The number of benzene rings is 2. The topological polar surface area (TPSA) is 175 Å². The molecule has 0 bridgehead atoms. The molecule has 2 aromatic carbocycles. The lowest BCUT2D eigenvalue weighted by Gasteiger charge is -2.54. The minimum absolute atomic E-state index is 0.0845. The van der Waals surface area contributed by atoms with Gasteiger partial charge in [-0.2, -0.15) is 0 Å². The largest absolute Gasteiger partial charge is 0.494 e. The molecule has 5 amide bonds. The number of likely N-dealkylation sites (tertiary alicyclic amines) is 1. The van der Waals surface area contributed by atoms with Gasteiger partial charge in [-0.3, -0.25) is 38.9 Å². The summed E-state index contributed by atoms with van der Waals surface area (Å²) < 4.78 is 15.6. The molecule has 3 N–H and O–H groups in total. The first-order valence-corrected chi connectivity index (χ1v) is 25.9. The van der Waals surface area contributed by atoms with E-state index in [0.717, 1.165) is 87.9 Å². The van der Waals surface area contributed by atoms with E-state index in [4.69, 9.17) is 9.47 Å². The maximum absolute atomic E-state index is 13.2. The molecule has 67 heavy (non-hydrogen) atoms. The molecule has 3 aromatic rings. The molecule has 5 heterocycles. The number of para-hydroxylation sites is 1. The number of unbranched alkanes of at least 4 members (excludes halogenated alkanes) is 9. The Bertz CT molecular complexity index is 2150. The molecule has 4 aliphatic heterocycles. The highest BCUT2D eigenvalue weighted by Gasteiger charge is 2.46. The molecule has 1 aliphatic carbocycles. The van der Waals surface area contributed by atoms with Crippen LogP contribution in [0.1, 0.15) is 153 Å². The van der Waals surface area contributed by atoms with Crippen LogP contribution in [0.2, 0.25) is 0 Å². The van der Waals surface area contributed by atoms with Crippen molar-refractivity contribution in [3.8, 4) is 17.2 Å². The SMILES string of the molecule is CN1CCC2(CC1)CN(c1ncncc1Oc1ccccc1C(=O)NCCCCCCCCCCCCOc1ccc3c(c1)C(=O)N(C1CCC(=O)NC1=O)C3=O)C2.CSNC1CCCCC1. The summed E-state index contributed by atoms with van der Waals surface area (Å²) in [6.45, 7) is 5.29. The lowest BCUT2D eigenvalue weighted by Crippen LogP contribution is -2.60. The van der Waals surface area contributed by atoms with Gasteiger partial charge in [-0.1, -0.05) is 94.7 Å². The summed E-state index contributed by atoms with van der Waals surface area (Å²) in [7, 11) is 2.18. The Morgan fingerprint density at radius 3 is 2.24 bits per heavy atom. The summed E-state index contributed by atoms with van der Waals surface area (Å²) in [5.74, 6) is 0.119. The Balaban J connectivity index is 0.000000663. The zero-order valence-corrected chi connectivity index (χ0v) is 40.3. The van der Waals surface area contributed by atoms with E-state index < -0.39 is 29.7 Å². The molecule has 1 aromatic heterocycles. The second-order valence-corrected chi connectivity index (χ2v) is 19.6. The third kappa shape index (κ3) is 13.6. The van der Waals surface area contributed by atoms with Gasteiger partial charge in [-0.25, -0.2) is 9.97 Å². The average molecular weight is 939 g/mol. The fourth-order valence-corrected chi connectivity index (χ4v) is 10.4. The second kappa shape index (κ2) is 24.8. The Hall–Kier alpha value is -5.06. The van der Waals surface area contributed by atoms with Gasteiger partial charge in [-0.05, 0) is 102 Å². The molecular formula is C51H70N8O7S. The molecule has 362 valence electrons. The summed E-state index contributed by atoms with van der Waals surface area (Å²) in [4.78, 5) is 77.3. The lowest BCUT2D eigenvalue weighted by molar-refractivity contribution is -0.136. The molecule has 16 heteroatoms. The summed E-state index contributed by atoms with van der Waals surface area (Å²) in [6.07, 6.45) is 25.9. The van der Waals surface area contributed by atoms with E-state index in [1.807, 2.05) is 18.2 Å². The van der Waals surface area contributed by atoms with Gasteiger partial charge >= 0.3 is 0 Å². The standard InChI is InChI=1S/C44H55N7O7.C7H15NS/c1-49-23-20-44(21-24-49)28-50(29-44)39-37(27-45-30-47-39)58-36-15-11-10-14-33(36)40(53)46-22-12-8-6-4-2-3-5-7-9-13-25-57-31-16-17-32-34(26-31)43(56)51(42(32)55)35-18-19-38(52)48-41(35)54;1-9-8-7-5-3-2-4-6-7/h10-11,14-17,26-27,30,35H,2-9,12-13,18-25,28-29H2,1H3,(H,46,53)(H,48,52,54);7-8H,2-6H2,1H3. The van der Waals surface area contributed by atoms with Crippen LogP contribution in [0.25, 0.3) is 0 Å². The molecule has 1 unspecified atom stereocenters. The van der Waals surface area contributed by atoms with E-state index in [2.05, 4.69) is 48.4 Å². The number of fused-ring (bicyclic) bond motifs is 1. The van der Waals surface area contributed by atoms with Crippen LogP contribution in [0.5, 0.6) is 17.2 Å². The molecule has 4 fully saturated rings. The first-order chi connectivity index (χ1) is 32.6. The quantitative estimate of drug-likeness (QED) is 0.0532. The number of piperidine rings is 2. The normalized spacial score (nSPS) is 19.3. The number of carbonyl (C=O) groups excluding carboxylic acids is 5. The molecular weight excluding hydrogens is 869 g/mol. The Labute approximate surface area is 400 Å². The zero-order valence-electron chi connectivity index (χ0n) is 39.5. The average Bonchev–Trinajstić information content (AvgIpc) is 3.57. The van der Waals surface area contributed by atoms with Crippen LogP contribution in [-0.2, 0) is 9.59 Å². The molecule has 5 aliphatic rings. The van der Waals surface area contributed by atoms with Crippen LogP contribution < -0.4 is 29.7 Å². The van der Waals surface area contributed by atoms with Crippen molar-refractivity contribution in [1.29, 1.82) is 0 Å². The molecule has 8 rings (SSSR count). The van der Waals surface area contributed by atoms with E-state index in [9.17, 15) is 24.0 Å². The maximum Gasteiger partial charge on any atom is 0.262 e. The number of anilines is 1. The number of hydrogen-bond donors (Lipinski definition) is 3. The van der Waals surface area contributed by atoms with Gasteiger partial charge < -0.3 is 24.6 Å². The van der Waals surface area contributed by atoms with E-state index in [0.29, 0.717) is 41.4 Å². The first kappa shape index (κ1) is 49.8. The van der Waals surface area contributed by atoms with Gasteiger partial charge in [0.2, 0.25) is 11.8 Å². The van der Waals surface area contributed by atoms with Crippen molar-refractivity contribution in [3.05, 3.63) is 71.7 Å². The molecule has 3 saturated heterocycles. The molecule has 1 atom stereocenters. The second-order valence-electron chi connectivity index (χ2n) is 18.9. The lowest BCUT2D eigenvalue weighted by atomic mass is 9.72. The van der Waals surface area contributed by atoms with E-state index >= 15 is 0 Å². The predicted molar refractivity (Wildman–Crippen MR) is 261 cm³/mol. The molecule has 1 spiro atoms. The number of amides is 5. The Morgan fingerprint density at radius 1 is 0.836 bits per heavy atom. The van der Waals surface area contributed by atoms with E-state index in [1.165, 1.54) is 64.2 Å². The molecule has 1 saturated carbocycles. The van der Waals surface area contributed by atoms with Gasteiger partial charge in [0, 0.05) is 37.5 Å². The Morgan fingerprint density at radius 2 is 1.52 bits per heavy atom. The highest BCUT2D eigenvalue weighted by atomic mass is 32.2. The maximum atomic E-state index is 13.2. The smallest absolute Gasteiger partial charge is 0.262 e. The van der Waals surface area contributed by atoms with Crippen molar-refractivity contribution in [1.82, 2.24) is 35.1 Å². The first-order valence-electron chi connectivity index (χ1n) is 24.7. The number of nitrogens with zero attached hydrogens (tertiary/aromatic N) is 5. The number of carbonyl (C=O) groups is 5. The van der Waals surface area contributed by atoms with Crippen LogP contribution in [0.15, 0.2) is 55.0 Å². The molecule has 0 radical (unpaired) electrons. The van der Waals surface area contributed by atoms with Crippen LogP contribution in [-0.4, -0.2) is 114 Å².